The Morgan fingerprint density at radius 3 is 1.66 bits per heavy atom. The fourth-order valence-electron chi connectivity index (χ4n) is 3.23. The minimum absolute atomic E-state index is 0.198. The van der Waals surface area contributed by atoms with E-state index in [2.05, 4.69) is 54.5 Å². The predicted molar refractivity (Wildman–Crippen MR) is 122 cm³/mol. The minimum atomic E-state index is -0.198. The number of nitrogens with zero attached hydrogens (tertiary/aromatic N) is 2. The Balaban J connectivity index is 0.000000135. The molecule has 0 N–H and O–H groups in total. The van der Waals surface area contributed by atoms with Gasteiger partial charge in [0.1, 0.15) is 6.29 Å². The topological polar surface area (TPSA) is 52.1 Å². The van der Waals surface area contributed by atoms with E-state index in [4.69, 9.17) is 4.74 Å². The van der Waals surface area contributed by atoms with Gasteiger partial charge >= 0.3 is 0 Å². The lowest BCUT2D eigenvalue weighted by Crippen LogP contribution is -2.07. The molecule has 6 heteroatoms. The van der Waals surface area contributed by atoms with Gasteiger partial charge in [-0.15, -0.1) is 6.58 Å². The molecule has 0 radical (unpaired) electrons. The van der Waals surface area contributed by atoms with Crippen molar-refractivity contribution in [1.82, 2.24) is 9.97 Å². The van der Waals surface area contributed by atoms with Gasteiger partial charge in [-0.25, -0.2) is 0 Å². The fourth-order valence-corrected chi connectivity index (χ4v) is 3.96. The van der Waals surface area contributed by atoms with Crippen LogP contribution >= 0.6 is 31.9 Å². The van der Waals surface area contributed by atoms with Crippen molar-refractivity contribution in [2.45, 2.75) is 49.4 Å². The molecule has 29 heavy (non-hydrogen) atoms. The molecular weight excluding hydrogens is 496 g/mol. The molecular formula is C23H26Br2N2O2. The summed E-state index contributed by atoms with van der Waals surface area (Å²) in [7, 11) is 0. The highest BCUT2D eigenvalue weighted by Crippen LogP contribution is 2.49. The Labute approximate surface area is 189 Å². The first-order valence-corrected chi connectivity index (χ1v) is 11.5. The van der Waals surface area contributed by atoms with E-state index in [1.807, 2.05) is 24.5 Å². The van der Waals surface area contributed by atoms with Crippen LogP contribution in [0.5, 0.6) is 0 Å². The first-order valence-electron chi connectivity index (χ1n) is 9.93. The summed E-state index contributed by atoms with van der Waals surface area (Å²) >= 11 is 6.75. The van der Waals surface area contributed by atoms with Crippen LogP contribution in [0.2, 0.25) is 0 Å². The van der Waals surface area contributed by atoms with E-state index < -0.39 is 0 Å². The number of allylic oxidation sites excluding steroid dienone is 1. The standard InChI is InChI=1S/C10H10BrN.C9H8BrNO.C4H8O/c1-2-10(3-4-10)8-5-9(11)7-12-6-8;10-8-3-7(4-11-5-8)9(6-12)1-2-9;1-2-4-5-3-1/h2,5-7H,1,3-4H2;3-6H,1-2H2;1-4H2. The quantitative estimate of drug-likeness (QED) is 0.369. The third-order valence-electron chi connectivity index (χ3n) is 5.58. The second-order valence-electron chi connectivity index (χ2n) is 7.74. The van der Waals surface area contributed by atoms with Gasteiger partial charge in [-0.1, -0.05) is 6.08 Å². The lowest BCUT2D eigenvalue weighted by molar-refractivity contribution is -0.109. The summed E-state index contributed by atoms with van der Waals surface area (Å²) in [6.07, 6.45) is 17.2. The monoisotopic (exact) mass is 520 g/mol. The van der Waals surface area contributed by atoms with Crippen molar-refractivity contribution in [3.8, 4) is 0 Å². The Bertz CT molecular complexity index is 771. The van der Waals surface area contributed by atoms with Gasteiger partial charge in [-0.2, -0.15) is 0 Å². The average molecular weight is 522 g/mol. The Morgan fingerprint density at radius 2 is 1.34 bits per heavy atom. The third-order valence-corrected chi connectivity index (χ3v) is 6.45. The smallest absolute Gasteiger partial charge is 0.130 e. The average Bonchev–Trinajstić information content (AvgIpc) is 3.66. The molecule has 0 spiro atoms. The van der Waals surface area contributed by atoms with E-state index in [0.717, 1.165) is 46.9 Å². The van der Waals surface area contributed by atoms with Gasteiger partial charge in [0, 0.05) is 52.4 Å². The van der Waals surface area contributed by atoms with Crippen LogP contribution in [0.3, 0.4) is 0 Å². The molecule has 1 aliphatic heterocycles. The van der Waals surface area contributed by atoms with Crippen LogP contribution in [-0.2, 0) is 20.4 Å². The first kappa shape index (κ1) is 22.3. The van der Waals surface area contributed by atoms with E-state index >= 15 is 0 Å². The van der Waals surface area contributed by atoms with Crippen molar-refractivity contribution >= 4 is 38.1 Å². The molecule has 2 aromatic heterocycles. The maximum Gasteiger partial charge on any atom is 0.130 e. The summed E-state index contributed by atoms with van der Waals surface area (Å²) in [5.41, 5.74) is 2.37. The van der Waals surface area contributed by atoms with Gasteiger partial charge in [0.15, 0.2) is 0 Å². The number of hydrogen-bond acceptors (Lipinski definition) is 4. The number of carbonyl (C=O) groups is 1. The van der Waals surface area contributed by atoms with Crippen molar-refractivity contribution in [3.05, 3.63) is 69.6 Å². The highest BCUT2D eigenvalue weighted by Gasteiger charge is 2.44. The van der Waals surface area contributed by atoms with Crippen molar-refractivity contribution in [1.29, 1.82) is 0 Å². The van der Waals surface area contributed by atoms with Crippen molar-refractivity contribution in [3.63, 3.8) is 0 Å². The van der Waals surface area contributed by atoms with E-state index in [9.17, 15) is 4.79 Å². The summed E-state index contributed by atoms with van der Waals surface area (Å²) in [5.74, 6) is 0. The van der Waals surface area contributed by atoms with E-state index in [1.165, 1.54) is 31.2 Å². The second-order valence-corrected chi connectivity index (χ2v) is 9.57. The lowest BCUT2D eigenvalue weighted by Gasteiger charge is -2.08. The van der Waals surface area contributed by atoms with E-state index in [-0.39, 0.29) is 10.8 Å². The van der Waals surface area contributed by atoms with Crippen LogP contribution in [0, 0.1) is 0 Å². The normalized spacial score (nSPS) is 19.7. The highest BCUT2D eigenvalue weighted by atomic mass is 79.9. The van der Waals surface area contributed by atoms with Crippen molar-refractivity contribution < 1.29 is 9.53 Å². The molecule has 0 atom stereocenters. The summed E-state index contributed by atoms with van der Waals surface area (Å²) in [6, 6.07) is 4.09. The molecule has 154 valence electrons. The number of aromatic nitrogens is 2. The highest BCUT2D eigenvalue weighted by molar-refractivity contribution is 9.10. The summed E-state index contributed by atoms with van der Waals surface area (Å²) in [5, 5.41) is 0. The molecule has 2 aromatic rings. The molecule has 5 rings (SSSR count). The largest absolute Gasteiger partial charge is 0.381 e. The van der Waals surface area contributed by atoms with E-state index in [1.54, 1.807) is 12.4 Å². The van der Waals surface area contributed by atoms with Crippen LogP contribution in [0.25, 0.3) is 0 Å². The van der Waals surface area contributed by atoms with Gasteiger partial charge in [-0.3, -0.25) is 9.97 Å². The molecule has 3 heterocycles. The lowest BCUT2D eigenvalue weighted by atomic mass is 9.98. The first-order chi connectivity index (χ1) is 14.0. The van der Waals surface area contributed by atoms with Gasteiger partial charge in [0.05, 0.1) is 5.41 Å². The zero-order valence-corrected chi connectivity index (χ0v) is 19.6. The van der Waals surface area contributed by atoms with Crippen LogP contribution in [0.1, 0.15) is 49.7 Å². The zero-order chi connectivity index (χ0) is 20.7. The maximum atomic E-state index is 10.8. The van der Waals surface area contributed by atoms with Crippen LogP contribution in [0.15, 0.2) is 58.5 Å². The van der Waals surface area contributed by atoms with Crippen molar-refractivity contribution in [2.75, 3.05) is 13.2 Å². The molecule has 2 saturated carbocycles. The predicted octanol–water partition coefficient (Wildman–Crippen LogP) is 5.93. The van der Waals surface area contributed by atoms with Gasteiger partial charge < -0.3 is 9.53 Å². The molecule has 3 aliphatic rings. The van der Waals surface area contributed by atoms with Crippen LogP contribution in [0.4, 0.5) is 0 Å². The maximum absolute atomic E-state index is 10.8. The molecule has 0 amide bonds. The summed E-state index contributed by atoms with van der Waals surface area (Å²) in [6.45, 7) is 5.86. The Hall–Kier alpha value is -1.37. The minimum Gasteiger partial charge on any atom is -0.381 e. The molecule has 4 nitrogen and oxygen atoms in total. The van der Waals surface area contributed by atoms with Gasteiger partial charge in [0.2, 0.25) is 0 Å². The number of rotatable bonds is 4. The number of hydrogen-bond donors (Lipinski definition) is 0. The molecule has 0 aromatic carbocycles. The number of aldehydes is 1. The molecule has 3 fully saturated rings. The number of ether oxygens (including phenoxy) is 1. The number of halogens is 2. The van der Waals surface area contributed by atoms with Gasteiger partial charge in [0.25, 0.3) is 0 Å². The molecule has 0 unspecified atom stereocenters. The molecule has 0 bridgehead atoms. The van der Waals surface area contributed by atoms with Gasteiger partial charge in [-0.05, 0) is 93.6 Å². The van der Waals surface area contributed by atoms with Crippen LogP contribution < -0.4 is 0 Å². The number of pyridine rings is 2. The second kappa shape index (κ2) is 10.1. The fraction of sp³-hybridized carbons (Fsp3) is 0.435. The van der Waals surface area contributed by atoms with Crippen molar-refractivity contribution in [2.24, 2.45) is 0 Å². The zero-order valence-electron chi connectivity index (χ0n) is 16.4. The molecule has 1 saturated heterocycles. The SMILES string of the molecule is C1CCOC1.C=CC1(c2cncc(Br)c2)CC1.O=CC1(c2cncc(Br)c2)CC1. The summed E-state index contributed by atoms with van der Waals surface area (Å²) in [4.78, 5) is 18.9. The van der Waals surface area contributed by atoms with E-state index in [0.29, 0.717) is 0 Å². The Kier molecular flexibility index (Phi) is 7.77. The van der Waals surface area contributed by atoms with Crippen LogP contribution in [-0.4, -0.2) is 29.5 Å². The third kappa shape index (κ3) is 6.06. The number of carbonyl (C=O) groups excluding carboxylic acids is 1. The molecule has 2 aliphatic carbocycles. The summed E-state index contributed by atoms with van der Waals surface area (Å²) < 4.78 is 6.93. The Morgan fingerprint density at radius 1 is 0.862 bits per heavy atom.